The third kappa shape index (κ3) is 3.22. The Balaban J connectivity index is 2.23. The molecule has 0 amide bonds. The van der Waals surface area contributed by atoms with E-state index in [1.165, 1.54) is 0 Å². The van der Waals surface area contributed by atoms with Gasteiger partial charge < -0.3 is 19.7 Å². The number of carbonyl (C=O) groups is 1. The lowest BCUT2D eigenvalue weighted by Gasteiger charge is -2.20. The summed E-state index contributed by atoms with van der Waals surface area (Å²) in [5.41, 5.74) is 0.551. The molecule has 1 aromatic rings. The van der Waals surface area contributed by atoms with Crippen LogP contribution in [0.2, 0.25) is 0 Å². The summed E-state index contributed by atoms with van der Waals surface area (Å²) in [5, 5.41) is 19.5. The minimum atomic E-state index is -1.04. The Morgan fingerprint density at radius 2 is 2.00 bits per heavy atom. The summed E-state index contributed by atoms with van der Waals surface area (Å²) in [6.07, 6.45) is 0.911. The van der Waals surface area contributed by atoms with Crippen LogP contribution in [0.1, 0.15) is 37.9 Å². The zero-order valence-corrected chi connectivity index (χ0v) is 11.5. The summed E-state index contributed by atoms with van der Waals surface area (Å²) >= 11 is 0. The number of aliphatic carboxylic acids is 1. The minimum Gasteiger partial charge on any atom is -0.490 e. The van der Waals surface area contributed by atoms with E-state index < -0.39 is 18.0 Å². The van der Waals surface area contributed by atoms with Crippen LogP contribution in [0.3, 0.4) is 0 Å². The quantitative estimate of drug-likeness (QED) is 0.866. The molecule has 2 unspecified atom stereocenters. The number of aliphatic hydroxyl groups is 1. The fourth-order valence-electron chi connectivity index (χ4n) is 2.32. The summed E-state index contributed by atoms with van der Waals surface area (Å²) in [6.45, 7) is 3.06. The van der Waals surface area contributed by atoms with Gasteiger partial charge >= 0.3 is 5.97 Å². The zero-order chi connectivity index (χ0) is 14.5. The van der Waals surface area contributed by atoms with Gasteiger partial charge in [-0.1, -0.05) is 19.4 Å². The predicted molar refractivity (Wildman–Crippen MR) is 73.0 cm³/mol. The number of fused-ring (bicyclic) bond motifs is 1. The molecular formula is C15H20O5. The second-order valence-electron chi connectivity index (χ2n) is 4.93. The summed E-state index contributed by atoms with van der Waals surface area (Å²) in [6, 6.07) is 5.10. The van der Waals surface area contributed by atoms with E-state index in [1.807, 2.05) is 6.92 Å². The molecule has 0 aliphatic carbocycles. The maximum Gasteiger partial charge on any atom is 0.309 e. The smallest absolute Gasteiger partial charge is 0.309 e. The molecule has 0 saturated carbocycles. The molecule has 2 N–H and O–H groups in total. The van der Waals surface area contributed by atoms with E-state index in [0.717, 1.165) is 6.42 Å². The van der Waals surface area contributed by atoms with Crippen LogP contribution in [0, 0.1) is 5.92 Å². The maximum atomic E-state index is 11.2. The number of hydrogen-bond acceptors (Lipinski definition) is 4. The molecule has 0 fully saturated rings. The van der Waals surface area contributed by atoms with Crippen molar-refractivity contribution in [1.29, 1.82) is 0 Å². The van der Waals surface area contributed by atoms with Crippen LogP contribution in [-0.2, 0) is 4.79 Å². The molecule has 5 heteroatoms. The standard InChI is InChI=1S/C15H20O5/c1-2-4-11(15(17)18)14(16)10-5-6-12-13(9-10)20-8-3-7-19-12/h5-6,9,11,14,16H,2-4,7-8H2,1H3,(H,17,18). The van der Waals surface area contributed by atoms with Gasteiger partial charge in [-0.3, -0.25) is 4.79 Å². The van der Waals surface area contributed by atoms with Gasteiger partial charge in [-0.2, -0.15) is 0 Å². The molecule has 0 aromatic heterocycles. The Hall–Kier alpha value is -1.75. The van der Waals surface area contributed by atoms with Crippen molar-refractivity contribution >= 4 is 5.97 Å². The van der Waals surface area contributed by atoms with E-state index in [4.69, 9.17) is 9.47 Å². The van der Waals surface area contributed by atoms with Crippen molar-refractivity contribution in [3.63, 3.8) is 0 Å². The SMILES string of the molecule is CCCC(C(=O)O)C(O)c1ccc2c(c1)OCCCO2. The third-order valence-corrected chi connectivity index (χ3v) is 3.41. The van der Waals surface area contributed by atoms with Crippen LogP contribution in [0.5, 0.6) is 11.5 Å². The van der Waals surface area contributed by atoms with E-state index in [9.17, 15) is 15.0 Å². The van der Waals surface area contributed by atoms with Crippen molar-refractivity contribution in [3.05, 3.63) is 23.8 Å². The Bertz CT molecular complexity index is 471. The fraction of sp³-hybridized carbons (Fsp3) is 0.533. The number of ether oxygens (including phenoxy) is 2. The number of rotatable bonds is 5. The number of carboxylic acid groups (broad SMARTS) is 1. The van der Waals surface area contributed by atoms with Gasteiger partial charge in [-0.05, 0) is 24.1 Å². The van der Waals surface area contributed by atoms with Crippen LogP contribution in [0.4, 0.5) is 0 Å². The average Bonchev–Trinajstić information content (AvgIpc) is 2.68. The van der Waals surface area contributed by atoms with Crippen LogP contribution in [0.25, 0.3) is 0 Å². The minimum absolute atomic E-state index is 0.435. The van der Waals surface area contributed by atoms with E-state index in [0.29, 0.717) is 43.1 Å². The first kappa shape index (κ1) is 14.7. The van der Waals surface area contributed by atoms with Crippen LogP contribution >= 0.6 is 0 Å². The largest absolute Gasteiger partial charge is 0.490 e. The second-order valence-corrected chi connectivity index (χ2v) is 4.93. The summed E-state index contributed by atoms with van der Waals surface area (Å²) < 4.78 is 11.1. The highest BCUT2D eigenvalue weighted by atomic mass is 16.5. The molecule has 2 rings (SSSR count). The van der Waals surface area contributed by atoms with Gasteiger partial charge in [0.1, 0.15) is 0 Å². The Labute approximate surface area is 118 Å². The van der Waals surface area contributed by atoms with Crippen molar-refractivity contribution < 1.29 is 24.5 Å². The third-order valence-electron chi connectivity index (χ3n) is 3.41. The first-order chi connectivity index (χ1) is 9.63. The van der Waals surface area contributed by atoms with Crippen molar-refractivity contribution in [2.24, 2.45) is 5.92 Å². The molecule has 0 bridgehead atoms. The normalized spacial score (nSPS) is 17.1. The lowest BCUT2D eigenvalue weighted by atomic mass is 9.92. The molecule has 1 aromatic carbocycles. The van der Waals surface area contributed by atoms with Crippen LogP contribution in [-0.4, -0.2) is 29.4 Å². The Morgan fingerprint density at radius 1 is 1.30 bits per heavy atom. The molecule has 5 nitrogen and oxygen atoms in total. The lowest BCUT2D eigenvalue weighted by molar-refractivity contribution is -0.146. The molecule has 0 saturated heterocycles. The fourth-order valence-corrected chi connectivity index (χ4v) is 2.32. The van der Waals surface area contributed by atoms with E-state index in [-0.39, 0.29) is 0 Å². The first-order valence-corrected chi connectivity index (χ1v) is 6.94. The highest BCUT2D eigenvalue weighted by Crippen LogP contribution is 2.35. The molecule has 1 aliphatic heterocycles. The Morgan fingerprint density at radius 3 is 2.65 bits per heavy atom. The molecule has 2 atom stereocenters. The molecule has 0 radical (unpaired) electrons. The average molecular weight is 280 g/mol. The van der Waals surface area contributed by atoms with E-state index in [2.05, 4.69) is 0 Å². The monoisotopic (exact) mass is 280 g/mol. The number of benzene rings is 1. The lowest BCUT2D eigenvalue weighted by Crippen LogP contribution is -2.21. The first-order valence-electron chi connectivity index (χ1n) is 6.94. The summed E-state index contributed by atoms with van der Waals surface area (Å²) in [4.78, 5) is 11.2. The predicted octanol–water partition coefficient (Wildman–Crippen LogP) is 2.38. The molecule has 110 valence electrons. The van der Waals surface area contributed by atoms with Crippen molar-refractivity contribution in [1.82, 2.24) is 0 Å². The maximum absolute atomic E-state index is 11.2. The number of aliphatic hydroxyl groups excluding tert-OH is 1. The van der Waals surface area contributed by atoms with Crippen molar-refractivity contribution in [3.8, 4) is 11.5 Å². The summed E-state index contributed by atoms with van der Waals surface area (Å²) in [7, 11) is 0. The number of carboxylic acids is 1. The van der Waals surface area contributed by atoms with Gasteiger partial charge in [0.25, 0.3) is 0 Å². The van der Waals surface area contributed by atoms with Gasteiger partial charge in [0, 0.05) is 6.42 Å². The molecule has 0 spiro atoms. The molecule has 20 heavy (non-hydrogen) atoms. The Kier molecular flexibility index (Phi) is 4.84. The number of hydrogen-bond donors (Lipinski definition) is 2. The van der Waals surface area contributed by atoms with Crippen molar-refractivity contribution in [2.75, 3.05) is 13.2 Å². The van der Waals surface area contributed by atoms with E-state index in [1.54, 1.807) is 18.2 Å². The van der Waals surface area contributed by atoms with E-state index >= 15 is 0 Å². The molecule has 1 aliphatic rings. The van der Waals surface area contributed by atoms with Gasteiger partial charge in [0.15, 0.2) is 11.5 Å². The topological polar surface area (TPSA) is 76.0 Å². The molecular weight excluding hydrogens is 260 g/mol. The van der Waals surface area contributed by atoms with Crippen molar-refractivity contribution in [2.45, 2.75) is 32.3 Å². The molecule has 1 heterocycles. The zero-order valence-electron chi connectivity index (χ0n) is 11.5. The second kappa shape index (κ2) is 6.61. The van der Waals surface area contributed by atoms with Gasteiger partial charge in [0.2, 0.25) is 0 Å². The highest BCUT2D eigenvalue weighted by molar-refractivity contribution is 5.71. The summed E-state index contributed by atoms with van der Waals surface area (Å²) in [5.74, 6) is -0.572. The van der Waals surface area contributed by atoms with Gasteiger partial charge in [0.05, 0.1) is 25.2 Å². The van der Waals surface area contributed by atoms with Crippen LogP contribution < -0.4 is 9.47 Å². The van der Waals surface area contributed by atoms with Crippen LogP contribution in [0.15, 0.2) is 18.2 Å². The van der Waals surface area contributed by atoms with Gasteiger partial charge in [-0.25, -0.2) is 0 Å². The van der Waals surface area contributed by atoms with Gasteiger partial charge in [-0.15, -0.1) is 0 Å². The highest BCUT2D eigenvalue weighted by Gasteiger charge is 2.27.